The smallest absolute Gasteiger partial charge is 0.462 e. The Morgan fingerprint density at radius 2 is 1.24 bits per heavy atom. The fourth-order valence-electron chi connectivity index (χ4n) is 1.59. The minimum Gasteiger partial charge on any atom is -0.462 e. The summed E-state index contributed by atoms with van der Waals surface area (Å²) in [5.41, 5.74) is 10.6. The van der Waals surface area contributed by atoms with Crippen LogP contribution in [0.3, 0.4) is 0 Å². The Bertz CT molecular complexity index is 1220. The van der Waals surface area contributed by atoms with Crippen molar-refractivity contribution in [3.8, 4) is 12.3 Å². The molecule has 0 atom stereocenters. The van der Waals surface area contributed by atoms with E-state index >= 15 is 0 Å². The van der Waals surface area contributed by atoms with Gasteiger partial charge in [0.25, 0.3) is 6.26 Å². The van der Waals surface area contributed by atoms with Gasteiger partial charge in [0.15, 0.2) is 5.69 Å². The average molecular weight is 684 g/mol. The van der Waals surface area contributed by atoms with E-state index in [1.54, 1.807) is 13.1 Å². The lowest BCUT2D eigenvalue weighted by molar-refractivity contribution is -0.196. The van der Waals surface area contributed by atoms with Crippen LogP contribution in [0.2, 0.25) is 0 Å². The molecule has 0 aliphatic heterocycles. The summed E-state index contributed by atoms with van der Waals surface area (Å²) in [6, 6.07) is 3.33. The van der Waals surface area contributed by atoms with Gasteiger partial charge in [-0.2, -0.15) is 68.1 Å². The quantitative estimate of drug-likeness (QED) is 0.103. The Balaban J connectivity index is -0.000000237. The number of esters is 2. The number of methoxy groups -OCH3 is 1. The Morgan fingerprint density at radius 3 is 1.36 bits per heavy atom. The molecule has 0 spiro atoms. The SMILES string of the molecule is CC#N.CNN.COC(=O)C(F)(F)F.Cn1nc(C(F)(F)F)cc1N.Cn1nc(N)cc1C(F)(F)F.N#COC(=O)C(F)(F)F. The maximum Gasteiger partial charge on any atom is 0.492 e. The van der Waals surface area contributed by atoms with E-state index in [1.165, 1.54) is 21.0 Å². The first kappa shape index (κ1) is 47.0. The Labute approximate surface area is 244 Å². The highest BCUT2D eigenvalue weighted by molar-refractivity contribution is 5.76. The molecular formula is C19H24F12N10O4. The fourth-order valence-corrected chi connectivity index (χ4v) is 1.59. The predicted molar refractivity (Wildman–Crippen MR) is 126 cm³/mol. The van der Waals surface area contributed by atoms with Gasteiger partial charge in [-0.3, -0.25) is 20.6 Å². The number of carbonyl (C=O) groups excluding carboxylic acids is 2. The summed E-state index contributed by atoms with van der Waals surface area (Å²) in [5.74, 6) is -0.195. The number of nitriles is 2. The number of aromatic nitrogens is 4. The number of nitrogens with one attached hydrogen (secondary N) is 1. The molecule has 0 unspecified atom stereocenters. The summed E-state index contributed by atoms with van der Waals surface area (Å²) in [5, 5.41) is 21.2. The lowest BCUT2D eigenvalue weighted by atomic mass is 10.4. The first-order valence-corrected chi connectivity index (χ1v) is 10.4. The van der Waals surface area contributed by atoms with E-state index in [0.717, 1.165) is 16.8 Å². The highest BCUT2D eigenvalue weighted by atomic mass is 19.4. The summed E-state index contributed by atoms with van der Waals surface area (Å²) in [7, 11) is 4.87. The highest BCUT2D eigenvalue weighted by Gasteiger charge is 2.41. The number of anilines is 2. The van der Waals surface area contributed by atoms with Gasteiger partial charge in [0.2, 0.25) is 0 Å². The molecule has 0 radical (unpaired) electrons. The van der Waals surface area contributed by atoms with Crippen LogP contribution in [0.25, 0.3) is 0 Å². The molecule has 2 aromatic heterocycles. The third-order valence-electron chi connectivity index (χ3n) is 3.18. The maximum atomic E-state index is 11.9. The number of alkyl halides is 12. The monoisotopic (exact) mass is 684 g/mol. The molecule has 258 valence electrons. The second-order valence-electron chi connectivity index (χ2n) is 6.63. The molecule has 2 rings (SSSR count). The molecular weight excluding hydrogens is 660 g/mol. The van der Waals surface area contributed by atoms with Crippen LogP contribution in [0.15, 0.2) is 12.1 Å². The fraction of sp³-hybridized carbons (Fsp3) is 0.474. The van der Waals surface area contributed by atoms with Crippen molar-refractivity contribution in [3.05, 3.63) is 23.5 Å². The van der Waals surface area contributed by atoms with Gasteiger partial charge < -0.3 is 20.9 Å². The highest BCUT2D eigenvalue weighted by Crippen LogP contribution is 2.30. The summed E-state index contributed by atoms with van der Waals surface area (Å²) in [6.45, 7) is 1.43. The molecule has 45 heavy (non-hydrogen) atoms. The van der Waals surface area contributed by atoms with Crippen molar-refractivity contribution in [2.45, 2.75) is 31.6 Å². The predicted octanol–water partition coefficient (Wildman–Crippen LogP) is 2.95. The lowest BCUT2D eigenvalue weighted by Crippen LogP contribution is -2.23. The zero-order chi connectivity index (χ0) is 37.0. The van der Waals surface area contributed by atoms with E-state index in [0.29, 0.717) is 18.0 Å². The van der Waals surface area contributed by atoms with E-state index < -0.39 is 48.0 Å². The van der Waals surface area contributed by atoms with Crippen molar-refractivity contribution in [1.82, 2.24) is 25.0 Å². The number of ether oxygens (including phenoxy) is 2. The molecule has 0 aliphatic rings. The molecule has 0 bridgehead atoms. The largest absolute Gasteiger partial charge is 0.492 e. The van der Waals surface area contributed by atoms with E-state index in [9.17, 15) is 62.3 Å². The molecule has 0 saturated heterocycles. The van der Waals surface area contributed by atoms with Crippen LogP contribution in [0.4, 0.5) is 64.3 Å². The van der Waals surface area contributed by atoms with Crippen molar-refractivity contribution in [3.63, 3.8) is 0 Å². The van der Waals surface area contributed by atoms with Crippen LogP contribution in [-0.4, -0.2) is 58.0 Å². The van der Waals surface area contributed by atoms with E-state index in [1.807, 2.05) is 0 Å². The molecule has 0 saturated carbocycles. The van der Waals surface area contributed by atoms with Gasteiger partial charge in [0.05, 0.1) is 13.2 Å². The zero-order valence-corrected chi connectivity index (χ0v) is 23.2. The van der Waals surface area contributed by atoms with Gasteiger partial charge in [-0.25, -0.2) is 9.59 Å². The molecule has 0 aromatic carbocycles. The Morgan fingerprint density at radius 1 is 0.844 bits per heavy atom. The summed E-state index contributed by atoms with van der Waals surface area (Å²) in [6.07, 6.45) is -18.1. The minimum atomic E-state index is -5.07. The van der Waals surface area contributed by atoms with Gasteiger partial charge in [-0.05, 0) is 7.05 Å². The number of hydrazine groups is 1. The molecule has 14 nitrogen and oxygen atoms in total. The van der Waals surface area contributed by atoms with E-state index in [-0.39, 0.29) is 11.6 Å². The van der Waals surface area contributed by atoms with Crippen molar-refractivity contribution in [2.24, 2.45) is 19.9 Å². The standard InChI is InChI=1S/2C5H6F3N3.C3F3NO2.C3H3F3O2.C2H3N.CH6N2/c1-11-3(5(6,7)8)2-4(9)10-11;1-11-4(9)2-3(10-11)5(6,7)8;4-3(5,6)2(8)9-1-7;1-8-2(7)3(4,5)6;1-2-3;1-3-2/h2H,1H3,(H2,9,10);2H,9H2,1H3;;1H3;1H3;3H,2H2,1H3. The van der Waals surface area contributed by atoms with Crippen molar-refractivity contribution < 1.29 is 71.7 Å². The topological polar surface area (TPSA) is 226 Å². The van der Waals surface area contributed by atoms with Crippen LogP contribution in [0.5, 0.6) is 0 Å². The number of hydrogen-bond acceptors (Lipinski definition) is 12. The second-order valence-corrected chi connectivity index (χ2v) is 6.63. The third kappa shape index (κ3) is 23.2. The number of nitrogens with two attached hydrogens (primary N) is 3. The number of aryl methyl sites for hydroxylation is 2. The summed E-state index contributed by atoms with van der Waals surface area (Å²) in [4.78, 5) is 19.0. The Hall–Kier alpha value is -4.98. The van der Waals surface area contributed by atoms with Crippen LogP contribution in [0, 0.1) is 22.8 Å². The van der Waals surface area contributed by atoms with E-state index in [4.69, 9.17) is 22.0 Å². The molecule has 0 amide bonds. The molecule has 0 fully saturated rings. The lowest BCUT2D eigenvalue weighted by Gasteiger charge is -2.04. The summed E-state index contributed by atoms with van der Waals surface area (Å²) < 4.78 is 145. The van der Waals surface area contributed by atoms with Gasteiger partial charge in [0, 0.05) is 33.2 Å². The first-order valence-electron chi connectivity index (χ1n) is 10.4. The van der Waals surface area contributed by atoms with Gasteiger partial charge in [-0.1, -0.05) is 0 Å². The summed E-state index contributed by atoms with van der Waals surface area (Å²) >= 11 is 0. The molecule has 2 aromatic rings. The zero-order valence-electron chi connectivity index (χ0n) is 23.2. The van der Waals surface area contributed by atoms with Crippen LogP contribution < -0.4 is 22.7 Å². The normalized spacial score (nSPS) is 10.4. The number of carbonyl (C=O) groups is 2. The number of hydrogen-bond donors (Lipinski definition) is 4. The van der Waals surface area contributed by atoms with Gasteiger partial charge in [-0.15, -0.1) is 5.26 Å². The molecule has 26 heteroatoms. The van der Waals surface area contributed by atoms with Crippen molar-refractivity contribution in [2.75, 3.05) is 25.6 Å². The number of halogens is 12. The minimum absolute atomic E-state index is 0.00248. The van der Waals surface area contributed by atoms with Crippen LogP contribution >= 0.6 is 0 Å². The maximum absolute atomic E-state index is 11.9. The Kier molecular flexibility index (Phi) is 21.8. The van der Waals surface area contributed by atoms with Crippen LogP contribution in [0.1, 0.15) is 18.3 Å². The number of nitrogen functional groups attached to an aromatic ring is 2. The molecule has 2 heterocycles. The van der Waals surface area contributed by atoms with Gasteiger partial charge >= 0.3 is 36.6 Å². The van der Waals surface area contributed by atoms with Gasteiger partial charge in [0.1, 0.15) is 17.3 Å². The second kappa shape index (κ2) is 20.8. The number of rotatable bonds is 0. The molecule has 0 aliphatic carbocycles. The first-order chi connectivity index (χ1) is 20.1. The molecule has 7 N–H and O–H groups in total. The van der Waals surface area contributed by atoms with Crippen molar-refractivity contribution in [1.29, 1.82) is 10.5 Å². The van der Waals surface area contributed by atoms with E-state index in [2.05, 4.69) is 30.9 Å². The average Bonchev–Trinajstić information content (AvgIpc) is 3.39. The third-order valence-corrected chi connectivity index (χ3v) is 3.18. The van der Waals surface area contributed by atoms with Crippen molar-refractivity contribution >= 4 is 23.6 Å². The van der Waals surface area contributed by atoms with Crippen LogP contribution in [-0.2, 0) is 45.5 Å². The number of nitrogens with zero attached hydrogens (tertiary/aromatic N) is 6.